The number of hydrogen-bond donors (Lipinski definition) is 0. The molecule has 0 radical (unpaired) electrons. The maximum absolute atomic E-state index is 4.10. The van der Waals surface area contributed by atoms with Gasteiger partial charge in [0.1, 0.15) is 0 Å². The van der Waals surface area contributed by atoms with Crippen LogP contribution in [-0.2, 0) is 0 Å². The second-order valence-electron chi connectivity index (χ2n) is 3.09. The highest BCUT2D eigenvalue weighted by atomic mass is 15.0. The second-order valence-corrected chi connectivity index (χ2v) is 3.09. The van der Waals surface area contributed by atoms with Crippen LogP contribution in [0.15, 0.2) is 49.1 Å². The van der Waals surface area contributed by atoms with Gasteiger partial charge in [0.15, 0.2) is 0 Å². The SMILES string of the molecule is CC(c1cccnc1)n1cccc1. The predicted molar refractivity (Wildman–Crippen MR) is 52.5 cm³/mol. The number of nitrogens with zero attached hydrogens (tertiary/aromatic N) is 2. The van der Waals surface area contributed by atoms with Crippen molar-refractivity contribution >= 4 is 0 Å². The molecule has 2 nitrogen and oxygen atoms in total. The lowest BCUT2D eigenvalue weighted by Gasteiger charge is -2.12. The van der Waals surface area contributed by atoms with Gasteiger partial charge in [-0.05, 0) is 30.7 Å². The van der Waals surface area contributed by atoms with Crippen LogP contribution in [0.3, 0.4) is 0 Å². The highest BCUT2D eigenvalue weighted by molar-refractivity contribution is 5.15. The lowest BCUT2D eigenvalue weighted by molar-refractivity contribution is 0.640. The van der Waals surface area contributed by atoms with E-state index in [-0.39, 0.29) is 0 Å². The highest BCUT2D eigenvalue weighted by Crippen LogP contribution is 2.15. The zero-order valence-electron chi connectivity index (χ0n) is 7.59. The van der Waals surface area contributed by atoms with E-state index in [1.165, 1.54) is 5.56 Å². The smallest absolute Gasteiger partial charge is 0.0566 e. The summed E-state index contributed by atoms with van der Waals surface area (Å²) in [7, 11) is 0. The van der Waals surface area contributed by atoms with Crippen LogP contribution in [0.5, 0.6) is 0 Å². The molecule has 0 saturated carbocycles. The Hall–Kier alpha value is -1.57. The Morgan fingerprint density at radius 1 is 1.23 bits per heavy atom. The summed E-state index contributed by atoms with van der Waals surface area (Å²) < 4.78 is 2.16. The van der Waals surface area contributed by atoms with E-state index in [9.17, 15) is 0 Å². The van der Waals surface area contributed by atoms with Crippen LogP contribution in [0.2, 0.25) is 0 Å². The number of pyridine rings is 1. The van der Waals surface area contributed by atoms with Crippen molar-refractivity contribution in [3.8, 4) is 0 Å². The van der Waals surface area contributed by atoms with Gasteiger partial charge >= 0.3 is 0 Å². The average Bonchev–Trinajstić information content (AvgIpc) is 2.71. The number of hydrogen-bond acceptors (Lipinski definition) is 1. The molecule has 66 valence electrons. The first-order valence-electron chi connectivity index (χ1n) is 4.40. The number of rotatable bonds is 2. The van der Waals surface area contributed by atoms with Gasteiger partial charge in [0.25, 0.3) is 0 Å². The lowest BCUT2D eigenvalue weighted by atomic mass is 10.1. The largest absolute Gasteiger partial charge is 0.347 e. The maximum atomic E-state index is 4.10. The van der Waals surface area contributed by atoms with E-state index < -0.39 is 0 Å². The van der Waals surface area contributed by atoms with E-state index in [0.717, 1.165) is 0 Å². The summed E-state index contributed by atoms with van der Waals surface area (Å²) >= 11 is 0. The van der Waals surface area contributed by atoms with Gasteiger partial charge in [0.2, 0.25) is 0 Å². The van der Waals surface area contributed by atoms with Crippen molar-refractivity contribution in [2.75, 3.05) is 0 Å². The summed E-state index contributed by atoms with van der Waals surface area (Å²) in [6, 6.07) is 8.50. The van der Waals surface area contributed by atoms with E-state index in [1.807, 2.05) is 24.4 Å². The minimum Gasteiger partial charge on any atom is -0.347 e. The second kappa shape index (κ2) is 3.44. The minimum absolute atomic E-state index is 0.365. The van der Waals surface area contributed by atoms with Crippen LogP contribution in [0.1, 0.15) is 18.5 Å². The van der Waals surface area contributed by atoms with Crippen molar-refractivity contribution in [3.63, 3.8) is 0 Å². The molecule has 0 saturated heterocycles. The lowest BCUT2D eigenvalue weighted by Crippen LogP contribution is -2.03. The first-order chi connectivity index (χ1) is 6.38. The van der Waals surface area contributed by atoms with E-state index >= 15 is 0 Å². The first kappa shape index (κ1) is 8.05. The molecule has 0 bridgehead atoms. The molecule has 0 aliphatic carbocycles. The summed E-state index contributed by atoms with van der Waals surface area (Å²) in [5, 5.41) is 0. The minimum atomic E-state index is 0.365. The molecule has 1 atom stereocenters. The van der Waals surface area contributed by atoms with E-state index in [4.69, 9.17) is 0 Å². The Kier molecular flexibility index (Phi) is 2.13. The topological polar surface area (TPSA) is 17.8 Å². The fourth-order valence-corrected chi connectivity index (χ4v) is 1.40. The van der Waals surface area contributed by atoms with Crippen molar-refractivity contribution in [3.05, 3.63) is 54.6 Å². The normalized spacial score (nSPS) is 12.7. The Morgan fingerprint density at radius 3 is 2.62 bits per heavy atom. The van der Waals surface area contributed by atoms with Gasteiger partial charge in [-0.2, -0.15) is 0 Å². The zero-order chi connectivity index (χ0) is 9.10. The molecule has 2 heterocycles. The number of aromatic nitrogens is 2. The fourth-order valence-electron chi connectivity index (χ4n) is 1.40. The molecule has 13 heavy (non-hydrogen) atoms. The third kappa shape index (κ3) is 1.61. The van der Waals surface area contributed by atoms with Crippen molar-refractivity contribution < 1.29 is 0 Å². The standard InChI is InChI=1S/C11H12N2/c1-10(13-7-2-3-8-13)11-5-4-6-12-9-11/h2-10H,1H3. The molecular formula is C11H12N2. The van der Waals surface area contributed by atoms with Gasteiger partial charge in [0.05, 0.1) is 6.04 Å². The third-order valence-electron chi connectivity index (χ3n) is 2.24. The highest BCUT2D eigenvalue weighted by Gasteiger charge is 2.04. The molecule has 0 aliphatic heterocycles. The van der Waals surface area contributed by atoms with Crippen LogP contribution in [0.4, 0.5) is 0 Å². The molecule has 0 aromatic carbocycles. The quantitative estimate of drug-likeness (QED) is 0.680. The van der Waals surface area contributed by atoms with E-state index in [1.54, 1.807) is 6.20 Å². The molecule has 0 amide bonds. The monoisotopic (exact) mass is 172 g/mol. The van der Waals surface area contributed by atoms with Crippen LogP contribution in [0.25, 0.3) is 0 Å². The Labute approximate surface area is 77.9 Å². The molecular weight excluding hydrogens is 160 g/mol. The summed E-state index contributed by atoms with van der Waals surface area (Å²) in [6.07, 6.45) is 7.84. The molecule has 0 fully saturated rings. The summed E-state index contributed by atoms with van der Waals surface area (Å²) in [5.41, 5.74) is 1.23. The zero-order valence-corrected chi connectivity index (χ0v) is 7.59. The van der Waals surface area contributed by atoms with Crippen molar-refractivity contribution in [1.29, 1.82) is 0 Å². The first-order valence-corrected chi connectivity index (χ1v) is 4.40. The van der Waals surface area contributed by atoms with Crippen LogP contribution < -0.4 is 0 Å². The molecule has 0 aliphatic rings. The van der Waals surface area contributed by atoms with Gasteiger partial charge in [0, 0.05) is 24.8 Å². The van der Waals surface area contributed by atoms with Gasteiger partial charge < -0.3 is 4.57 Å². The Morgan fingerprint density at radius 2 is 2.00 bits per heavy atom. The van der Waals surface area contributed by atoms with Gasteiger partial charge in [-0.1, -0.05) is 6.07 Å². The van der Waals surface area contributed by atoms with Crippen LogP contribution in [-0.4, -0.2) is 9.55 Å². The molecule has 2 aromatic heterocycles. The Balaban J connectivity index is 2.29. The molecule has 0 N–H and O–H groups in total. The van der Waals surface area contributed by atoms with Crippen LogP contribution in [0, 0.1) is 0 Å². The van der Waals surface area contributed by atoms with Crippen molar-refractivity contribution in [1.82, 2.24) is 9.55 Å². The Bertz CT molecular complexity index is 351. The molecule has 0 spiro atoms. The van der Waals surface area contributed by atoms with Gasteiger partial charge in [-0.3, -0.25) is 4.98 Å². The van der Waals surface area contributed by atoms with Crippen molar-refractivity contribution in [2.24, 2.45) is 0 Å². The van der Waals surface area contributed by atoms with Crippen molar-refractivity contribution in [2.45, 2.75) is 13.0 Å². The average molecular weight is 172 g/mol. The third-order valence-corrected chi connectivity index (χ3v) is 2.24. The van der Waals surface area contributed by atoms with E-state index in [0.29, 0.717) is 6.04 Å². The molecule has 2 heteroatoms. The summed E-state index contributed by atoms with van der Waals surface area (Å²) in [4.78, 5) is 4.10. The maximum Gasteiger partial charge on any atom is 0.0566 e. The molecule has 2 aromatic rings. The summed E-state index contributed by atoms with van der Waals surface area (Å²) in [5.74, 6) is 0. The van der Waals surface area contributed by atoms with Gasteiger partial charge in [-0.15, -0.1) is 0 Å². The van der Waals surface area contributed by atoms with E-state index in [2.05, 4.69) is 34.9 Å². The molecule has 1 unspecified atom stereocenters. The predicted octanol–water partition coefficient (Wildman–Crippen LogP) is 2.49. The van der Waals surface area contributed by atoms with Crippen LogP contribution >= 0.6 is 0 Å². The molecule has 2 rings (SSSR count). The van der Waals surface area contributed by atoms with Gasteiger partial charge in [-0.25, -0.2) is 0 Å². The summed E-state index contributed by atoms with van der Waals surface area (Å²) in [6.45, 7) is 2.16. The fraction of sp³-hybridized carbons (Fsp3) is 0.182.